The van der Waals surface area contributed by atoms with E-state index in [1.165, 1.54) is 0 Å². The quantitative estimate of drug-likeness (QED) is 0.401. The molecule has 0 bridgehead atoms. The molecule has 154 valence electrons. The maximum absolute atomic E-state index is 5.96. The number of nitrogens with one attached hydrogen (secondary N) is 1. The molecule has 1 aliphatic heterocycles. The minimum atomic E-state index is 0.346. The topological polar surface area (TPSA) is 76.3 Å². The fourth-order valence-electron chi connectivity index (χ4n) is 3.44. The zero-order valence-corrected chi connectivity index (χ0v) is 17.0. The van der Waals surface area contributed by atoms with Crippen LogP contribution in [0, 0.1) is 0 Å². The Bertz CT molecular complexity index is 739. The highest BCUT2D eigenvalue weighted by atomic mass is 16.5. The van der Waals surface area contributed by atoms with Gasteiger partial charge in [0.2, 0.25) is 0 Å². The fraction of sp³-hybridized carbons (Fsp3) is 0.650. The summed E-state index contributed by atoms with van der Waals surface area (Å²) in [6.45, 7) is 7.12. The molecule has 2 aromatic rings. The van der Waals surface area contributed by atoms with Crippen molar-refractivity contribution in [1.82, 2.24) is 24.8 Å². The number of ether oxygens (including phenoxy) is 2. The van der Waals surface area contributed by atoms with E-state index in [1.807, 2.05) is 28.8 Å². The van der Waals surface area contributed by atoms with Crippen LogP contribution in [0.25, 0.3) is 5.65 Å². The van der Waals surface area contributed by atoms with Crippen molar-refractivity contribution in [3.63, 3.8) is 0 Å². The highest BCUT2D eigenvalue weighted by Crippen LogP contribution is 2.14. The molecule has 1 saturated heterocycles. The molecule has 1 N–H and O–H groups in total. The molecule has 0 saturated carbocycles. The summed E-state index contributed by atoms with van der Waals surface area (Å²) < 4.78 is 13.1. The van der Waals surface area contributed by atoms with Crippen molar-refractivity contribution in [2.75, 3.05) is 46.5 Å². The van der Waals surface area contributed by atoms with Gasteiger partial charge in [-0.15, -0.1) is 10.2 Å². The van der Waals surface area contributed by atoms with Gasteiger partial charge in [0.25, 0.3) is 0 Å². The van der Waals surface area contributed by atoms with Crippen molar-refractivity contribution in [2.24, 2.45) is 4.99 Å². The second kappa shape index (κ2) is 11.0. The zero-order valence-electron chi connectivity index (χ0n) is 17.0. The minimum absolute atomic E-state index is 0.346. The van der Waals surface area contributed by atoms with Gasteiger partial charge in [-0.3, -0.25) is 9.39 Å². The van der Waals surface area contributed by atoms with Crippen molar-refractivity contribution in [2.45, 2.75) is 38.7 Å². The number of nitrogens with zero attached hydrogens (tertiary/aromatic N) is 5. The van der Waals surface area contributed by atoms with Gasteiger partial charge in [0.05, 0.1) is 6.10 Å². The minimum Gasteiger partial charge on any atom is -0.385 e. The number of hydrogen-bond donors (Lipinski definition) is 1. The van der Waals surface area contributed by atoms with E-state index in [0.717, 1.165) is 76.0 Å². The molecule has 0 spiro atoms. The molecule has 3 heterocycles. The molecule has 0 radical (unpaired) electrons. The van der Waals surface area contributed by atoms with Gasteiger partial charge >= 0.3 is 0 Å². The molecule has 28 heavy (non-hydrogen) atoms. The van der Waals surface area contributed by atoms with E-state index < -0.39 is 0 Å². The lowest BCUT2D eigenvalue weighted by Crippen LogP contribution is -2.47. The van der Waals surface area contributed by atoms with Crippen molar-refractivity contribution in [3.05, 3.63) is 30.2 Å². The Balaban J connectivity index is 1.49. The average molecular weight is 389 g/mol. The number of guanidine groups is 1. The van der Waals surface area contributed by atoms with Crippen LogP contribution in [0.15, 0.2) is 29.4 Å². The number of rotatable bonds is 9. The Labute approximate surface area is 166 Å². The first-order valence-electron chi connectivity index (χ1n) is 10.2. The summed E-state index contributed by atoms with van der Waals surface area (Å²) in [6.07, 6.45) is 6.13. The molecule has 8 nitrogen and oxygen atoms in total. The molecule has 1 fully saturated rings. The SMILES string of the molecule is CCNC(=NCCc1nnc2ccccn12)N1CCC(OCCCOC)CC1. The molecule has 0 aromatic carbocycles. The normalized spacial score (nSPS) is 16.1. The van der Waals surface area contributed by atoms with Crippen LogP contribution < -0.4 is 5.32 Å². The molecule has 0 atom stereocenters. The molecule has 3 rings (SSSR count). The molecular formula is C20H32N6O2. The first kappa shape index (κ1) is 20.5. The predicted molar refractivity (Wildman–Crippen MR) is 110 cm³/mol. The molecule has 0 amide bonds. The summed E-state index contributed by atoms with van der Waals surface area (Å²) >= 11 is 0. The summed E-state index contributed by atoms with van der Waals surface area (Å²) in [5.41, 5.74) is 0.876. The summed E-state index contributed by atoms with van der Waals surface area (Å²) in [5.74, 6) is 1.92. The van der Waals surface area contributed by atoms with Crippen LogP contribution in [0.5, 0.6) is 0 Å². The number of fused-ring (bicyclic) bond motifs is 1. The molecule has 1 aliphatic rings. The molecule has 2 aromatic heterocycles. The zero-order chi connectivity index (χ0) is 19.6. The lowest BCUT2D eigenvalue weighted by atomic mass is 10.1. The van der Waals surface area contributed by atoms with Crippen LogP contribution in [0.1, 0.15) is 32.0 Å². The van der Waals surface area contributed by atoms with Crippen LogP contribution >= 0.6 is 0 Å². The van der Waals surface area contributed by atoms with Gasteiger partial charge in [-0.2, -0.15) is 0 Å². The average Bonchev–Trinajstić information content (AvgIpc) is 3.14. The maximum Gasteiger partial charge on any atom is 0.193 e. The van der Waals surface area contributed by atoms with Crippen molar-refractivity contribution in [3.8, 4) is 0 Å². The van der Waals surface area contributed by atoms with Crippen LogP contribution in [0.4, 0.5) is 0 Å². The number of likely N-dealkylation sites (tertiary alicyclic amines) is 1. The largest absolute Gasteiger partial charge is 0.385 e. The first-order valence-corrected chi connectivity index (χ1v) is 10.2. The van der Waals surface area contributed by atoms with Gasteiger partial charge in [0.15, 0.2) is 11.6 Å². The Morgan fingerprint density at radius 3 is 2.89 bits per heavy atom. The standard InChI is InChI=1S/C20H32N6O2/c1-3-21-20(25-13-9-17(10-14-25)28-16-6-15-27-2)22-11-8-19-24-23-18-7-4-5-12-26(18)19/h4-5,7,12,17H,3,6,8-11,13-16H2,1-2H3,(H,21,22). The number of methoxy groups -OCH3 is 1. The lowest BCUT2D eigenvalue weighted by molar-refractivity contribution is 0.00991. The summed E-state index contributed by atoms with van der Waals surface area (Å²) in [6, 6.07) is 5.93. The van der Waals surface area contributed by atoms with Gasteiger partial charge in [-0.25, -0.2) is 0 Å². The number of hydrogen-bond acceptors (Lipinski definition) is 5. The van der Waals surface area contributed by atoms with Gasteiger partial charge in [-0.1, -0.05) is 6.07 Å². The second-order valence-corrected chi connectivity index (χ2v) is 6.93. The summed E-state index contributed by atoms with van der Waals surface area (Å²) in [5, 5.41) is 11.9. The van der Waals surface area contributed by atoms with Crippen molar-refractivity contribution >= 4 is 11.6 Å². The third-order valence-corrected chi connectivity index (χ3v) is 4.90. The van der Waals surface area contributed by atoms with Crippen LogP contribution in [0.2, 0.25) is 0 Å². The van der Waals surface area contributed by atoms with Gasteiger partial charge < -0.3 is 19.7 Å². The van der Waals surface area contributed by atoms with Gasteiger partial charge in [0.1, 0.15) is 5.82 Å². The number of pyridine rings is 1. The smallest absolute Gasteiger partial charge is 0.193 e. The number of aliphatic imine (C=N–C) groups is 1. The summed E-state index contributed by atoms with van der Waals surface area (Å²) in [7, 11) is 1.73. The predicted octanol–water partition coefficient (Wildman–Crippen LogP) is 1.75. The van der Waals surface area contributed by atoms with E-state index in [1.54, 1.807) is 7.11 Å². The molecular weight excluding hydrogens is 356 g/mol. The van der Waals surface area contributed by atoms with Gasteiger partial charge in [-0.05, 0) is 38.3 Å². The Morgan fingerprint density at radius 2 is 2.11 bits per heavy atom. The Kier molecular flexibility index (Phi) is 8.05. The highest BCUT2D eigenvalue weighted by Gasteiger charge is 2.21. The number of aromatic nitrogens is 3. The van der Waals surface area contributed by atoms with E-state index in [4.69, 9.17) is 14.5 Å². The van der Waals surface area contributed by atoms with Crippen molar-refractivity contribution in [1.29, 1.82) is 0 Å². The van der Waals surface area contributed by atoms with E-state index in [9.17, 15) is 0 Å². The first-order chi connectivity index (χ1) is 13.8. The maximum atomic E-state index is 5.96. The van der Waals surface area contributed by atoms with Gasteiger partial charge in [0, 0.05) is 59.1 Å². The second-order valence-electron chi connectivity index (χ2n) is 6.93. The van der Waals surface area contributed by atoms with Crippen LogP contribution in [0.3, 0.4) is 0 Å². The monoisotopic (exact) mass is 388 g/mol. The number of piperidine rings is 1. The van der Waals surface area contributed by atoms with Crippen LogP contribution in [-0.2, 0) is 15.9 Å². The molecule has 8 heteroatoms. The Morgan fingerprint density at radius 1 is 1.25 bits per heavy atom. The molecule has 0 unspecified atom stereocenters. The van der Waals surface area contributed by atoms with Crippen molar-refractivity contribution < 1.29 is 9.47 Å². The third kappa shape index (κ3) is 5.65. The highest BCUT2D eigenvalue weighted by molar-refractivity contribution is 5.80. The van der Waals surface area contributed by atoms with E-state index in [2.05, 4.69) is 27.3 Å². The summed E-state index contributed by atoms with van der Waals surface area (Å²) in [4.78, 5) is 7.16. The third-order valence-electron chi connectivity index (χ3n) is 4.90. The molecule has 0 aliphatic carbocycles. The van der Waals surface area contributed by atoms with Crippen LogP contribution in [-0.4, -0.2) is 78.1 Å². The fourth-order valence-corrected chi connectivity index (χ4v) is 3.44. The Hall–Kier alpha value is -2.19. The van der Waals surface area contributed by atoms with E-state index >= 15 is 0 Å². The lowest BCUT2D eigenvalue weighted by Gasteiger charge is -2.34. The van der Waals surface area contributed by atoms with E-state index in [-0.39, 0.29) is 0 Å². The van der Waals surface area contributed by atoms with E-state index in [0.29, 0.717) is 12.6 Å².